The van der Waals surface area contributed by atoms with Gasteiger partial charge in [-0.25, -0.2) is 0 Å². The van der Waals surface area contributed by atoms with Crippen LogP contribution in [0.5, 0.6) is 10.8 Å². The second-order valence-electron chi connectivity index (χ2n) is 6.37. The Bertz CT molecular complexity index is 740. The van der Waals surface area contributed by atoms with E-state index < -0.39 is 0 Å². The fourth-order valence-corrected chi connectivity index (χ4v) is 4.45. The summed E-state index contributed by atoms with van der Waals surface area (Å²) >= 11 is 7.45. The van der Waals surface area contributed by atoms with Crippen LogP contribution in [0.2, 0.25) is 5.02 Å². The van der Waals surface area contributed by atoms with Gasteiger partial charge in [0, 0.05) is 12.6 Å². The molecule has 0 aliphatic carbocycles. The molecule has 1 aromatic carbocycles. The molecule has 0 spiro atoms. The second kappa shape index (κ2) is 6.75. The molecular weight excluding hydrogens is 344 g/mol. The van der Waals surface area contributed by atoms with Crippen molar-refractivity contribution in [2.24, 2.45) is 5.92 Å². The minimum absolute atomic E-state index is 0.00670. The molecular formula is C18H19ClN2O2S. The van der Waals surface area contributed by atoms with E-state index in [1.54, 1.807) is 6.07 Å². The van der Waals surface area contributed by atoms with Crippen LogP contribution in [0, 0.1) is 5.92 Å². The second-order valence-corrected chi connectivity index (χ2v) is 7.82. The van der Waals surface area contributed by atoms with Crippen molar-refractivity contribution in [3.8, 4) is 10.8 Å². The fourth-order valence-electron chi connectivity index (χ4n) is 3.50. The van der Waals surface area contributed by atoms with Gasteiger partial charge in [0.05, 0.1) is 9.90 Å². The van der Waals surface area contributed by atoms with E-state index in [0.29, 0.717) is 26.6 Å². The molecule has 1 amide bonds. The van der Waals surface area contributed by atoms with Gasteiger partial charge in [-0.05, 0) is 56.1 Å². The molecule has 3 aliphatic rings. The smallest absolute Gasteiger partial charge is 0.261 e. The van der Waals surface area contributed by atoms with Crippen molar-refractivity contribution in [2.45, 2.75) is 18.9 Å². The van der Waals surface area contributed by atoms with E-state index in [1.165, 1.54) is 37.3 Å². The maximum Gasteiger partial charge on any atom is 0.261 e. The zero-order valence-electron chi connectivity index (χ0n) is 13.2. The molecule has 0 radical (unpaired) electrons. The fraction of sp³-hybridized carbons (Fsp3) is 0.389. The van der Waals surface area contributed by atoms with Crippen molar-refractivity contribution in [3.63, 3.8) is 0 Å². The predicted molar refractivity (Wildman–Crippen MR) is 96.3 cm³/mol. The molecule has 3 saturated heterocycles. The maximum absolute atomic E-state index is 12.5. The van der Waals surface area contributed by atoms with Crippen molar-refractivity contribution in [1.82, 2.24) is 10.2 Å². The zero-order chi connectivity index (χ0) is 16.5. The van der Waals surface area contributed by atoms with Gasteiger partial charge in [-0.2, -0.15) is 0 Å². The first-order valence-corrected chi connectivity index (χ1v) is 9.44. The molecule has 126 valence electrons. The molecule has 3 fully saturated rings. The van der Waals surface area contributed by atoms with Gasteiger partial charge in [0.15, 0.2) is 5.06 Å². The third-order valence-electron chi connectivity index (χ3n) is 4.82. The molecule has 1 N–H and O–H groups in total. The van der Waals surface area contributed by atoms with E-state index in [2.05, 4.69) is 10.2 Å². The highest BCUT2D eigenvalue weighted by Gasteiger charge is 2.35. The summed E-state index contributed by atoms with van der Waals surface area (Å²) in [4.78, 5) is 15.6. The molecule has 6 heteroatoms. The third kappa shape index (κ3) is 3.29. The number of benzene rings is 1. The normalized spacial score (nSPS) is 25.5. The number of para-hydroxylation sites is 1. The summed E-state index contributed by atoms with van der Waals surface area (Å²) in [6.45, 7) is 3.32. The van der Waals surface area contributed by atoms with Crippen LogP contribution in [0.1, 0.15) is 22.5 Å². The van der Waals surface area contributed by atoms with Gasteiger partial charge in [0.1, 0.15) is 5.75 Å². The van der Waals surface area contributed by atoms with E-state index in [9.17, 15) is 4.79 Å². The third-order valence-corrected chi connectivity index (χ3v) is 6.10. The number of piperidine rings is 3. The number of rotatable bonds is 4. The molecule has 1 atom stereocenters. The number of hydrogen-bond donors (Lipinski definition) is 1. The number of hydrogen-bond acceptors (Lipinski definition) is 4. The number of carbonyl (C=O) groups excluding carboxylic acids is 1. The molecule has 1 aromatic heterocycles. The number of ether oxygens (including phenoxy) is 1. The van der Waals surface area contributed by atoms with Gasteiger partial charge in [-0.3, -0.25) is 4.79 Å². The van der Waals surface area contributed by atoms with Crippen molar-refractivity contribution in [1.29, 1.82) is 0 Å². The molecule has 0 saturated carbocycles. The molecule has 2 bridgehead atoms. The van der Waals surface area contributed by atoms with Gasteiger partial charge in [-0.15, -0.1) is 0 Å². The predicted octanol–water partition coefficient (Wildman–Crippen LogP) is 4.02. The van der Waals surface area contributed by atoms with Crippen molar-refractivity contribution < 1.29 is 9.53 Å². The van der Waals surface area contributed by atoms with Crippen LogP contribution in [0.25, 0.3) is 0 Å². The quantitative estimate of drug-likeness (QED) is 0.893. The monoisotopic (exact) mass is 362 g/mol. The largest absolute Gasteiger partial charge is 0.445 e. The average molecular weight is 363 g/mol. The van der Waals surface area contributed by atoms with Crippen LogP contribution in [0.3, 0.4) is 0 Å². The number of carbonyl (C=O) groups is 1. The molecule has 24 heavy (non-hydrogen) atoms. The Balaban J connectivity index is 1.41. The molecule has 3 aliphatic heterocycles. The number of halogens is 1. The minimum atomic E-state index is -0.00670. The maximum atomic E-state index is 12.5. The summed E-state index contributed by atoms with van der Waals surface area (Å²) in [5.74, 6) is 1.22. The summed E-state index contributed by atoms with van der Waals surface area (Å²) in [7, 11) is 0. The van der Waals surface area contributed by atoms with Gasteiger partial charge >= 0.3 is 0 Å². The lowest BCUT2D eigenvalue weighted by Crippen LogP contribution is -2.57. The highest BCUT2D eigenvalue weighted by Crippen LogP contribution is 2.34. The van der Waals surface area contributed by atoms with Crippen molar-refractivity contribution in [3.05, 3.63) is 46.3 Å². The van der Waals surface area contributed by atoms with Crippen molar-refractivity contribution >= 4 is 28.8 Å². The lowest BCUT2D eigenvalue weighted by molar-refractivity contribution is 0.0622. The molecule has 4 nitrogen and oxygen atoms in total. The van der Waals surface area contributed by atoms with Crippen LogP contribution in [0.4, 0.5) is 0 Å². The van der Waals surface area contributed by atoms with Gasteiger partial charge in [-0.1, -0.05) is 35.1 Å². The molecule has 5 rings (SSSR count). The van der Waals surface area contributed by atoms with Crippen LogP contribution in [-0.4, -0.2) is 36.5 Å². The van der Waals surface area contributed by atoms with Gasteiger partial charge < -0.3 is 15.0 Å². The van der Waals surface area contributed by atoms with E-state index in [0.717, 1.165) is 6.54 Å². The highest BCUT2D eigenvalue weighted by molar-refractivity contribution is 7.15. The molecule has 4 heterocycles. The lowest BCUT2D eigenvalue weighted by Gasteiger charge is -2.44. The SMILES string of the molecule is O=C(NC1CN2CCC1CC2)c1ccc(Oc2ccccc2Cl)s1. The van der Waals surface area contributed by atoms with Crippen LogP contribution >= 0.6 is 22.9 Å². The Labute approximate surface area is 150 Å². The standard InChI is InChI=1S/C18H19ClN2O2S/c19-13-3-1-2-4-15(13)23-17-6-5-16(24-17)18(22)20-14-11-21-9-7-12(14)8-10-21/h1-6,12,14H,7-11H2,(H,20,22). The number of fused-ring (bicyclic) bond motifs is 3. The summed E-state index contributed by atoms with van der Waals surface area (Å²) in [6, 6.07) is 11.2. The Kier molecular flexibility index (Phi) is 4.48. The summed E-state index contributed by atoms with van der Waals surface area (Å²) in [6.07, 6.45) is 2.38. The van der Waals surface area contributed by atoms with Crippen molar-refractivity contribution in [2.75, 3.05) is 19.6 Å². The van der Waals surface area contributed by atoms with E-state index >= 15 is 0 Å². The van der Waals surface area contributed by atoms with E-state index in [1.807, 2.05) is 30.3 Å². The first-order chi connectivity index (χ1) is 11.7. The van der Waals surface area contributed by atoms with Crippen LogP contribution in [0.15, 0.2) is 36.4 Å². The highest BCUT2D eigenvalue weighted by atomic mass is 35.5. The molecule has 1 unspecified atom stereocenters. The van der Waals surface area contributed by atoms with Crippen LogP contribution in [-0.2, 0) is 0 Å². The first-order valence-electron chi connectivity index (χ1n) is 8.24. The van der Waals surface area contributed by atoms with Crippen LogP contribution < -0.4 is 10.1 Å². The van der Waals surface area contributed by atoms with E-state index in [4.69, 9.17) is 16.3 Å². The van der Waals surface area contributed by atoms with Gasteiger partial charge in [0.25, 0.3) is 5.91 Å². The Hall–Kier alpha value is -1.56. The minimum Gasteiger partial charge on any atom is -0.445 e. The number of nitrogens with one attached hydrogen (secondary N) is 1. The Morgan fingerprint density at radius 2 is 2.00 bits per heavy atom. The summed E-state index contributed by atoms with van der Waals surface area (Å²) in [5, 5.41) is 4.43. The zero-order valence-corrected chi connectivity index (χ0v) is 14.8. The number of nitrogens with zero attached hydrogens (tertiary/aromatic N) is 1. The Morgan fingerprint density at radius 1 is 1.21 bits per heavy atom. The Morgan fingerprint density at radius 3 is 2.71 bits per heavy atom. The van der Waals surface area contributed by atoms with E-state index in [-0.39, 0.29) is 11.9 Å². The number of amides is 1. The van der Waals surface area contributed by atoms with Gasteiger partial charge in [0.2, 0.25) is 0 Å². The lowest BCUT2D eigenvalue weighted by atomic mass is 9.84. The number of thiophene rings is 1. The average Bonchev–Trinajstić information content (AvgIpc) is 3.07. The molecule has 2 aromatic rings. The topological polar surface area (TPSA) is 41.6 Å². The summed E-state index contributed by atoms with van der Waals surface area (Å²) < 4.78 is 5.78. The summed E-state index contributed by atoms with van der Waals surface area (Å²) in [5.41, 5.74) is 0. The first kappa shape index (κ1) is 15.9.